The molecule has 0 spiro atoms. The van der Waals surface area contributed by atoms with Gasteiger partial charge in [0, 0.05) is 27.1 Å². The van der Waals surface area contributed by atoms with Crippen LogP contribution in [-0.4, -0.2) is 28.4 Å². The van der Waals surface area contributed by atoms with Gasteiger partial charge >= 0.3 is 0 Å². The molecule has 4 heteroatoms. The van der Waals surface area contributed by atoms with Crippen LogP contribution in [0.5, 0.6) is 0 Å². The minimum Gasteiger partial charge on any atom is -0.411 e. The number of hydrogen-bond acceptors (Lipinski definition) is 4. The predicted octanol–water partition coefficient (Wildman–Crippen LogP) is 3.45. The molecule has 98 valence electrons. The van der Waals surface area contributed by atoms with Crippen molar-refractivity contribution in [3.63, 3.8) is 0 Å². The number of piperidine rings is 1. The molecule has 0 saturated carbocycles. The minimum absolute atomic E-state index is 0.309. The van der Waals surface area contributed by atoms with Crippen LogP contribution < -0.4 is 0 Å². The highest BCUT2D eigenvalue weighted by Gasteiger charge is 2.36. The van der Waals surface area contributed by atoms with Crippen LogP contribution in [0.2, 0.25) is 0 Å². The lowest BCUT2D eigenvalue weighted by molar-refractivity contribution is 0.175. The summed E-state index contributed by atoms with van der Waals surface area (Å²) >= 11 is 1.84. The lowest BCUT2D eigenvalue weighted by Crippen LogP contribution is -2.47. The van der Waals surface area contributed by atoms with Crippen molar-refractivity contribution in [1.82, 2.24) is 4.90 Å². The smallest absolute Gasteiger partial charge is 0.106 e. The number of thiophene rings is 1. The number of nitrogens with zero attached hydrogens (tertiary/aromatic N) is 2. The first-order valence-corrected chi connectivity index (χ1v) is 7.67. The molecule has 1 aromatic heterocycles. The van der Waals surface area contributed by atoms with Crippen molar-refractivity contribution in [3.8, 4) is 0 Å². The minimum atomic E-state index is 0.309. The van der Waals surface area contributed by atoms with Crippen molar-refractivity contribution in [2.75, 3.05) is 6.54 Å². The summed E-state index contributed by atoms with van der Waals surface area (Å²) in [5.41, 5.74) is 2.09. The predicted molar refractivity (Wildman–Crippen MR) is 78.2 cm³/mol. The topological polar surface area (TPSA) is 35.8 Å². The largest absolute Gasteiger partial charge is 0.411 e. The molecule has 0 bridgehead atoms. The lowest BCUT2D eigenvalue weighted by Gasteiger charge is -2.39. The van der Waals surface area contributed by atoms with Crippen LogP contribution in [0.4, 0.5) is 0 Å². The molecule has 1 fully saturated rings. The molecule has 3 nitrogen and oxygen atoms in total. The number of rotatable bonds is 0. The number of hydrogen-bond donors (Lipinski definition) is 1. The molecule has 2 aliphatic heterocycles. The molecule has 1 N–H and O–H groups in total. The molecular weight excluding hydrogens is 256 g/mol. The van der Waals surface area contributed by atoms with Gasteiger partial charge in [-0.05, 0) is 25.5 Å². The second-order valence-electron chi connectivity index (χ2n) is 5.36. The first-order valence-electron chi connectivity index (χ1n) is 6.85. The summed E-state index contributed by atoms with van der Waals surface area (Å²) in [6, 6.07) is 8.76. The zero-order valence-electron chi connectivity index (χ0n) is 10.7. The third-order valence-electron chi connectivity index (χ3n) is 4.31. The van der Waals surface area contributed by atoms with Crippen molar-refractivity contribution in [2.24, 2.45) is 5.16 Å². The maximum Gasteiger partial charge on any atom is 0.106 e. The molecule has 0 amide bonds. The van der Waals surface area contributed by atoms with Gasteiger partial charge in [-0.15, -0.1) is 11.3 Å². The van der Waals surface area contributed by atoms with Crippen LogP contribution in [0.3, 0.4) is 0 Å². The van der Waals surface area contributed by atoms with Crippen molar-refractivity contribution in [2.45, 2.75) is 31.8 Å². The Hall–Kier alpha value is -1.39. The molecule has 1 unspecified atom stereocenters. The molecule has 0 aliphatic carbocycles. The summed E-state index contributed by atoms with van der Waals surface area (Å²) in [5.74, 6) is 0. The highest BCUT2D eigenvalue weighted by Crippen LogP contribution is 2.39. The fraction of sp³-hybridized carbons (Fsp3) is 0.400. The summed E-state index contributed by atoms with van der Waals surface area (Å²) in [6.45, 7) is 2.13. The van der Waals surface area contributed by atoms with E-state index in [1.54, 1.807) is 0 Å². The Morgan fingerprint density at radius 2 is 2.16 bits per heavy atom. The Balaban J connectivity index is 1.95. The maximum absolute atomic E-state index is 9.52. The van der Waals surface area contributed by atoms with Gasteiger partial charge < -0.3 is 5.21 Å². The molecule has 2 aromatic rings. The standard InChI is InChI=1S/C15H16N2OS/c18-16-15-11-6-3-4-8-17(11)9-13-14(15)10-5-1-2-7-12(10)19-13/h1-2,5,7,11,18H,3-4,6,8-9H2/b16-15-. The summed E-state index contributed by atoms with van der Waals surface area (Å²) in [5, 5.41) is 14.4. The Kier molecular flexibility index (Phi) is 2.60. The average molecular weight is 272 g/mol. The SMILES string of the molecule is O/N=C1\c2c(sc3ccccc23)CN2CCCCC12. The molecule has 1 saturated heterocycles. The van der Waals surface area contributed by atoms with E-state index in [4.69, 9.17) is 0 Å². The summed E-state index contributed by atoms with van der Waals surface area (Å²) in [4.78, 5) is 3.82. The van der Waals surface area contributed by atoms with Gasteiger partial charge in [-0.1, -0.05) is 29.8 Å². The second kappa shape index (κ2) is 4.32. The first kappa shape index (κ1) is 11.4. The van der Waals surface area contributed by atoms with Gasteiger partial charge in [0.05, 0.1) is 6.04 Å². The van der Waals surface area contributed by atoms with E-state index in [9.17, 15) is 5.21 Å². The van der Waals surface area contributed by atoms with E-state index in [1.165, 1.54) is 33.4 Å². The molecule has 19 heavy (non-hydrogen) atoms. The lowest BCUT2D eigenvalue weighted by atomic mass is 9.89. The van der Waals surface area contributed by atoms with E-state index in [0.717, 1.165) is 25.2 Å². The molecule has 4 rings (SSSR count). The molecule has 1 aromatic carbocycles. The Morgan fingerprint density at radius 1 is 1.26 bits per heavy atom. The third kappa shape index (κ3) is 1.63. The Morgan fingerprint density at radius 3 is 3.05 bits per heavy atom. The van der Waals surface area contributed by atoms with Gasteiger partial charge in [-0.25, -0.2) is 0 Å². The molecule has 2 aliphatic rings. The normalized spacial score (nSPS) is 25.5. The van der Waals surface area contributed by atoms with Crippen LogP contribution in [0, 0.1) is 0 Å². The van der Waals surface area contributed by atoms with E-state index in [0.29, 0.717) is 6.04 Å². The summed E-state index contributed by atoms with van der Waals surface area (Å²) in [6.07, 6.45) is 3.61. The monoisotopic (exact) mass is 272 g/mol. The fourth-order valence-corrected chi connectivity index (χ4v) is 4.68. The zero-order valence-corrected chi connectivity index (χ0v) is 11.5. The van der Waals surface area contributed by atoms with Crippen LogP contribution >= 0.6 is 11.3 Å². The molecule has 1 atom stereocenters. The number of oxime groups is 1. The van der Waals surface area contributed by atoms with Gasteiger partial charge in [0.25, 0.3) is 0 Å². The van der Waals surface area contributed by atoms with E-state index in [-0.39, 0.29) is 0 Å². The highest BCUT2D eigenvalue weighted by atomic mass is 32.1. The number of fused-ring (bicyclic) bond motifs is 4. The van der Waals surface area contributed by atoms with Crippen molar-refractivity contribution in [1.29, 1.82) is 0 Å². The quantitative estimate of drug-likeness (QED) is 0.589. The van der Waals surface area contributed by atoms with Crippen LogP contribution in [-0.2, 0) is 6.54 Å². The van der Waals surface area contributed by atoms with E-state index in [1.807, 2.05) is 11.3 Å². The van der Waals surface area contributed by atoms with Crippen molar-refractivity contribution < 1.29 is 5.21 Å². The average Bonchev–Trinajstić information content (AvgIpc) is 2.82. The zero-order chi connectivity index (χ0) is 12.8. The molecular formula is C15H16N2OS. The van der Waals surface area contributed by atoms with Gasteiger partial charge in [0.15, 0.2) is 0 Å². The molecule has 3 heterocycles. The van der Waals surface area contributed by atoms with Crippen molar-refractivity contribution >= 4 is 27.1 Å². The number of benzene rings is 1. The fourth-order valence-electron chi connectivity index (χ4n) is 3.45. The summed E-state index contributed by atoms with van der Waals surface area (Å²) in [7, 11) is 0. The van der Waals surface area contributed by atoms with Gasteiger partial charge in [-0.3, -0.25) is 4.90 Å². The first-order chi connectivity index (χ1) is 9.38. The van der Waals surface area contributed by atoms with E-state index in [2.05, 4.69) is 34.3 Å². The van der Waals surface area contributed by atoms with E-state index >= 15 is 0 Å². The summed E-state index contributed by atoms with van der Waals surface area (Å²) < 4.78 is 1.30. The second-order valence-corrected chi connectivity index (χ2v) is 6.50. The molecule has 0 radical (unpaired) electrons. The van der Waals surface area contributed by atoms with Gasteiger partial charge in [0.1, 0.15) is 5.71 Å². The van der Waals surface area contributed by atoms with Crippen LogP contribution in [0.25, 0.3) is 10.1 Å². The maximum atomic E-state index is 9.52. The highest BCUT2D eigenvalue weighted by molar-refractivity contribution is 7.19. The Labute approximate surface area is 116 Å². The van der Waals surface area contributed by atoms with Crippen molar-refractivity contribution in [3.05, 3.63) is 34.7 Å². The van der Waals surface area contributed by atoms with Gasteiger partial charge in [0.2, 0.25) is 0 Å². The Bertz CT molecular complexity index is 661. The third-order valence-corrected chi connectivity index (χ3v) is 5.46. The van der Waals surface area contributed by atoms with Crippen LogP contribution in [0.1, 0.15) is 29.7 Å². The van der Waals surface area contributed by atoms with Gasteiger partial charge in [-0.2, -0.15) is 0 Å². The van der Waals surface area contributed by atoms with E-state index < -0.39 is 0 Å². The van der Waals surface area contributed by atoms with Crippen LogP contribution in [0.15, 0.2) is 29.4 Å².